The van der Waals surface area contributed by atoms with Gasteiger partial charge in [-0.05, 0) is 31.9 Å². The van der Waals surface area contributed by atoms with Crippen molar-refractivity contribution in [2.75, 3.05) is 19.7 Å². The van der Waals surface area contributed by atoms with Crippen LogP contribution in [-0.4, -0.2) is 41.6 Å². The molecule has 0 saturated carbocycles. The third kappa shape index (κ3) is 3.29. The minimum Gasteiger partial charge on any atom is -0.484 e. The van der Waals surface area contributed by atoms with E-state index in [-0.39, 0.29) is 19.1 Å². The zero-order valence-electron chi connectivity index (χ0n) is 11.8. The topological polar surface area (TPSA) is 66.8 Å². The van der Waals surface area contributed by atoms with E-state index in [0.29, 0.717) is 18.7 Å². The number of hydrogen-bond donors (Lipinski definition) is 1. The highest BCUT2D eigenvalue weighted by Crippen LogP contribution is 2.20. The minimum absolute atomic E-state index is 0.0454. The summed E-state index contributed by atoms with van der Waals surface area (Å²) in [7, 11) is 0. The minimum atomic E-state index is -0.837. The molecule has 1 aliphatic rings. The highest BCUT2D eigenvalue weighted by molar-refractivity contribution is 5.80. The molecule has 1 aliphatic heterocycles. The number of carboxylic acid groups (broad SMARTS) is 1. The van der Waals surface area contributed by atoms with E-state index in [1.54, 1.807) is 4.90 Å². The fourth-order valence-electron chi connectivity index (χ4n) is 2.38. The van der Waals surface area contributed by atoms with Gasteiger partial charge in [-0.25, -0.2) is 0 Å². The van der Waals surface area contributed by atoms with Gasteiger partial charge in [-0.3, -0.25) is 9.59 Å². The normalized spacial score (nSPS) is 18.1. The molecule has 0 bridgehead atoms. The number of aryl methyl sites for hydroxylation is 2. The zero-order chi connectivity index (χ0) is 14.7. The summed E-state index contributed by atoms with van der Waals surface area (Å²) in [5.74, 6) is -0.748. The van der Waals surface area contributed by atoms with Crippen LogP contribution >= 0.6 is 0 Å². The van der Waals surface area contributed by atoms with Crippen LogP contribution < -0.4 is 4.74 Å². The van der Waals surface area contributed by atoms with Crippen LogP contribution in [0.15, 0.2) is 18.2 Å². The van der Waals surface area contributed by atoms with Crippen molar-refractivity contribution < 1.29 is 19.4 Å². The molecular formula is C15H19NO4. The number of hydrogen-bond acceptors (Lipinski definition) is 3. The maximum absolute atomic E-state index is 12.0. The quantitative estimate of drug-likeness (QED) is 0.908. The number of aliphatic carboxylic acids is 1. The molecule has 0 aromatic heterocycles. The number of ether oxygens (including phenoxy) is 1. The molecule has 1 saturated heterocycles. The molecule has 1 N–H and O–H groups in total. The van der Waals surface area contributed by atoms with Crippen LogP contribution in [0.5, 0.6) is 5.75 Å². The Morgan fingerprint density at radius 1 is 1.40 bits per heavy atom. The number of nitrogens with zero attached hydrogens (tertiary/aromatic N) is 1. The van der Waals surface area contributed by atoms with E-state index < -0.39 is 11.9 Å². The van der Waals surface area contributed by atoms with E-state index in [1.807, 2.05) is 32.0 Å². The Kier molecular flexibility index (Phi) is 4.27. The van der Waals surface area contributed by atoms with Crippen LogP contribution in [0, 0.1) is 19.8 Å². The molecule has 1 atom stereocenters. The maximum Gasteiger partial charge on any atom is 0.308 e. The number of carbonyl (C=O) groups is 2. The molecule has 1 amide bonds. The standard InChI is InChI=1S/C15H19NO4/c1-10-3-4-13(11(2)7-10)20-9-14(17)16-6-5-12(8-16)15(18)19/h3-4,7,12H,5-6,8-9H2,1-2H3,(H,18,19)/t12-/m0/s1. The van der Waals surface area contributed by atoms with Crippen molar-refractivity contribution in [1.29, 1.82) is 0 Å². The summed E-state index contributed by atoms with van der Waals surface area (Å²) < 4.78 is 5.52. The van der Waals surface area contributed by atoms with E-state index in [4.69, 9.17) is 9.84 Å². The van der Waals surface area contributed by atoms with Crippen molar-refractivity contribution in [3.05, 3.63) is 29.3 Å². The Hall–Kier alpha value is -2.04. The van der Waals surface area contributed by atoms with Crippen molar-refractivity contribution in [3.8, 4) is 5.75 Å². The van der Waals surface area contributed by atoms with Gasteiger partial charge in [0.15, 0.2) is 6.61 Å². The Morgan fingerprint density at radius 3 is 2.75 bits per heavy atom. The molecule has 20 heavy (non-hydrogen) atoms. The predicted octanol–water partition coefficient (Wildman–Crippen LogP) is 1.62. The van der Waals surface area contributed by atoms with Gasteiger partial charge in [-0.1, -0.05) is 17.7 Å². The second-order valence-electron chi connectivity index (χ2n) is 5.22. The van der Waals surface area contributed by atoms with Gasteiger partial charge >= 0.3 is 5.97 Å². The molecule has 2 rings (SSSR count). The van der Waals surface area contributed by atoms with Gasteiger partial charge < -0.3 is 14.7 Å². The predicted molar refractivity (Wildman–Crippen MR) is 73.7 cm³/mol. The Morgan fingerprint density at radius 2 is 2.15 bits per heavy atom. The zero-order valence-corrected chi connectivity index (χ0v) is 11.8. The number of rotatable bonds is 4. The van der Waals surface area contributed by atoms with E-state index in [0.717, 1.165) is 11.1 Å². The second kappa shape index (κ2) is 5.94. The molecule has 0 aliphatic carbocycles. The number of likely N-dealkylation sites (tertiary alicyclic amines) is 1. The fourth-order valence-corrected chi connectivity index (χ4v) is 2.38. The molecule has 5 heteroatoms. The lowest BCUT2D eigenvalue weighted by Gasteiger charge is -2.17. The molecule has 1 fully saturated rings. The molecule has 1 aromatic carbocycles. The maximum atomic E-state index is 12.0. The first-order chi connectivity index (χ1) is 9.47. The van der Waals surface area contributed by atoms with Crippen molar-refractivity contribution in [2.24, 2.45) is 5.92 Å². The third-order valence-electron chi connectivity index (χ3n) is 3.57. The SMILES string of the molecule is Cc1ccc(OCC(=O)N2CC[C@H](C(=O)O)C2)c(C)c1. The fraction of sp³-hybridized carbons (Fsp3) is 0.467. The van der Waals surface area contributed by atoms with Crippen LogP contribution in [0.1, 0.15) is 17.5 Å². The van der Waals surface area contributed by atoms with Crippen molar-refractivity contribution in [1.82, 2.24) is 4.90 Å². The first-order valence-corrected chi connectivity index (χ1v) is 6.68. The summed E-state index contributed by atoms with van der Waals surface area (Å²) in [6, 6.07) is 5.78. The van der Waals surface area contributed by atoms with Gasteiger partial charge in [-0.15, -0.1) is 0 Å². The van der Waals surface area contributed by atoms with E-state index >= 15 is 0 Å². The molecule has 5 nitrogen and oxygen atoms in total. The van der Waals surface area contributed by atoms with Crippen molar-refractivity contribution >= 4 is 11.9 Å². The summed E-state index contributed by atoms with van der Waals surface area (Å²) in [5.41, 5.74) is 2.13. The smallest absolute Gasteiger partial charge is 0.308 e. The lowest BCUT2D eigenvalue weighted by molar-refractivity contribution is -0.141. The molecule has 1 heterocycles. The molecular weight excluding hydrogens is 258 g/mol. The molecule has 0 spiro atoms. The number of benzene rings is 1. The van der Waals surface area contributed by atoms with Crippen LogP contribution in [-0.2, 0) is 9.59 Å². The van der Waals surface area contributed by atoms with E-state index in [1.165, 1.54) is 0 Å². The highest BCUT2D eigenvalue weighted by Gasteiger charge is 2.30. The summed E-state index contributed by atoms with van der Waals surface area (Å²) >= 11 is 0. The van der Waals surface area contributed by atoms with Crippen LogP contribution in [0.2, 0.25) is 0 Å². The lowest BCUT2D eigenvalue weighted by atomic mass is 10.1. The highest BCUT2D eigenvalue weighted by atomic mass is 16.5. The number of carboxylic acids is 1. The van der Waals surface area contributed by atoms with Gasteiger partial charge in [-0.2, -0.15) is 0 Å². The van der Waals surface area contributed by atoms with Gasteiger partial charge in [0.2, 0.25) is 0 Å². The summed E-state index contributed by atoms with van der Waals surface area (Å²) in [5, 5.41) is 8.91. The van der Waals surface area contributed by atoms with Crippen molar-refractivity contribution in [2.45, 2.75) is 20.3 Å². The Bertz CT molecular complexity index is 527. The van der Waals surface area contributed by atoms with Crippen LogP contribution in [0.25, 0.3) is 0 Å². The Labute approximate surface area is 118 Å². The van der Waals surface area contributed by atoms with Crippen molar-refractivity contribution in [3.63, 3.8) is 0 Å². The van der Waals surface area contributed by atoms with Gasteiger partial charge in [0.1, 0.15) is 5.75 Å². The van der Waals surface area contributed by atoms with Gasteiger partial charge in [0, 0.05) is 13.1 Å². The number of amides is 1. The average Bonchev–Trinajstić information content (AvgIpc) is 2.87. The Balaban J connectivity index is 1.88. The van der Waals surface area contributed by atoms with Gasteiger partial charge in [0.05, 0.1) is 5.92 Å². The summed E-state index contributed by atoms with van der Waals surface area (Å²) in [4.78, 5) is 24.4. The first kappa shape index (κ1) is 14.4. The summed E-state index contributed by atoms with van der Waals surface area (Å²) in [6.07, 6.45) is 0.518. The van der Waals surface area contributed by atoms with Crippen LogP contribution in [0.4, 0.5) is 0 Å². The largest absolute Gasteiger partial charge is 0.484 e. The van der Waals surface area contributed by atoms with E-state index in [9.17, 15) is 9.59 Å². The molecule has 0 radical (unpaired) electrons. The third-order valence-corrected chi connectivity index (χ3v) is 3.57. The number of carbonyl (C=O) groups excluding carboxylic acids is 1. The summed E-state index contributed by atoms with van der Waals surface area (Å²) in [6.45, 7) is 4.66. The van der Waals surface area contributed by atoms with Crippen LogP contribution in [0.3, 0.4) is 0 Å². The van der Waals surface area contributed by atoms with Gasteiger partial charge in [0.25, 0.3) is 5.91 Å². The molecule has 108 valence electrons. The van der Waals surface area contributed by atoms with E-state index in [2.05, 4.69) is 0 Å². The monoisotopic (exact) mass is 277 g/mol. The first-order valence-electron chi connectivity index (χ1n) is 6.68. The lowest BCUT2D eigenvalue weighted by Crippen LogP contribution is -2.33. The molecule has 1 aromatic rings. The average molecular weight is 277 g/mol. The second-order valence-corrected chi connectivity index (χ2v) is 5.22. The molecule has 0 unspecified atom stereocenters.